The molecule has 0 aromatic carbocycles. The second-order valence-corrected chi connectivity index (χ2v) is 3.03. The van der Waals surface area contributed by atoms with Gasteiger partial charge in [0.05, 0.1) is 23.4 Å². The molecule has 0 saturated heterocycles. The molecule has 0 aliphatic rings. The maximum Gasteiger partial charge on any atom is 0.397 e. The second-order valence-electron chi connectivity index (χ2n) is 2.66. The Kier molecular flexibility index (Phi) is 3.56. The molecule has 0 aliphatic heterocycles. The Morgan fingerprint density at radius 2 is 2.47 bits per heavy atom. The van der Waals surface area contributed by atoms with Crippen molar-refractivity contribution in [3.63, 3.8) is 0 Å². The van der Waals surface area contributed by atoms with Gasteiger partial charge in [-0.1, -0.05) is 0 Å². The van der Waals surface area contributed by atoms with Crippen LogP contribution in [-0.4, -0.2) is 19.9 Å². The summed E-state index contributed by atoms with van der Waals surface area (Å²) in [6.07, 6.45) is 3.80. The number of hydrogen-bond acceptors (Lipinski definition) is 4. The number of rotatable bonds is 4. The van der Waals surface area contributed by atoms with Crippen molar-refractivity contribution in [2.45, 2.75) is 13.5 Å². The molecule has 1 aromatic rings. The summed E-state index contributed by atoms with van der Waals surface area (Å²) in [5, 5.41) is 13.6. The zero-order valence-corrected chi connectivity index (χ0v) is 8.64. The van der Waals surface area contributed by atoms with Crippen molar-refractivity contribution in [1.82, 2.24) is 9.78 Å². The predicted molar refractivity (Wildman–Crippen MR) is 54.4 cm³/mol. The van der Waals surface area contributed by atoms with Gasteiger partial charge in [0.2, 0.25) is 5.24 Å². The van der Waals surface area contributed by atoms with Gasteiger partial charge in [-0.15, -0.1) is 0 Å². The van der Waals surface area contributed by atoms with Crippen LogP contribution in [0.25, 0.3) is 6.08 Å². The number of halogens is 1. The van der Waals surface area contributed by atoms with Crippen molar-refractivity contribution < 1.29 is 9.72 Å². The average Bonchev–Trinajstić information content (AvgIpc) is 2.57. The molecule has 0 saturated carbocycles. The van der Waals surface area contributed by atoms with Crippen LogP contribution in [-0.2, 0) is 11.3 Å². The second kappa shape index (κ2) is 4.70. The van der Waals surface area contributed by atoms with Crippen LogP contribution in [0.2, 0.25) is 0 Å². The lowest BCUT2D eigenvalue weighted by atomic mass is 10.3. The van der Waals surface area contributed by atoms with E-state index >= 15 is 0 Å². The van der Waals surface area contributed by atoms with Gasteiger partial charge in [0.25, 0.3) is 0 Å². The summed E-state index contributed by atoms with van der Waals surface area (Å²) < 4.78 is 1.41. The molecule has 15 heavy (non-hydrogen) atoms. The summed E-state index contributed by atoms with van der Waals surface area (Å²) in [6, 6.07) is 0. The Hall–Kier alpha value is -1.69. The van der Waals surface area contributed by atoms with E-state index in [2.05, 4.69) is 5.10 Å². The fourth-order valence-electron chi connectivity index (χ4n) is 1.00. The van der Waals surface area contributed by atoms with Crippen molar-refractivity contribution in [2.75, 3.05) is 0 Å². The van der Waals surface area contributed by atoms with E-state index in [0.29, 0.717) is 6.54 Å². The number of aromatic nitrogens is 2. The first-order chi connectivity index (χ1) is 7.04. The van der Waals surface area contributed by atoms with Gasteiger partial charge < -0.3 is 10.1 Å². The van der Waals surface area contributed by atoms with Gasteiger partial charge in [-0.25, -0.2) is 0 Å². The van der Waals surface area contributed by atoms with E-state index in [9.17, 15) is 14.9 Å². The highest BCUT2D eigenvalue weighted by Crippen LogP contribution is 2.17. The molecule has 80 valence electrons. The molecule has 0 bridgehead atoms. The van der Waals surface area contributed by atoms with Gasteiger partial charge in [-0.3, -0.25) is 4.79 Å². The first-order valence-corrected chi connectivity index (χ1v) is 4.51. The third-order valence-electron chi connectivity index (χ3n) is 1.66. The molecule has 0 fully saturated rings. The number of nitrogens with zero attached hydrogens (tertiary/aromatic N) is 3. The van der Waals surface area contributed by atoms with E-state index in [1.807, 2.05) is 0 Å². The Morgan fingerprint density at radius 1 is 1.80 bits per heavy atom. The molecule has 0 unspecified atom stereocenters. The highest BCUT2D eigenvalue weighted by atomic mass is 35.5. The normalized spacial score (nSPS) is 10.8. The number of aryl methyl sites for hydroxylation is 1. The van der Waals surface area contributed by atoms with Crippen molar-refractivity contribution >= 4 is 28.7 Å². The number of nitro groups is 1. The van der Waals surface area contributed by atoms with Gasteiger partial charge in [0, 0.05) is 0 Å². The van der Waals surface area contributed by atoms with Crippen molar-refractivity contribution in [3.05, 3.63) is 28.0 Å². The average molecular weight is 230 g/mol. The van der Waals surface area contributed by atoms with Crippen LogP contribution in [0, 0.1) is 10.1 Å². The molecule has 1 aromatic heterocycles. The summed E-state index contributed by atoms with van der Waals surface area (Å²) >= 11 is 5.08. The third-order valence-corrected chi connectivity index (χ3v) is 1.79. The maximum atomic E-state index is 10.6. The minimum Gasteiger partial charge on any atom is -0.358 e. The largest absolute Gasteiger partial charge is 0.397 e. The molecule has 6 nitrogen and oxygen atoms in total. The van der Waals surface area contributed by atoms with Gasteiger partial charge in [0.1, 0.15) is 0 Å². The lowest BCUT2D eigenvalue weighted by Crippen LogP contribution is -1.96. The van der Waals surface area contributed by atoms with Gasteiger partial charge in [-0.2, -0.15) is 4.68 Å². The Balaban J connectivity index is 3.09. The first-order valence-electron chi connectivity index (χ1n) is 4.14. The molecule has 0 N–H and O–H groups in total. The molecule has 0 aliphatic carbocycles. The molecule has 7 heteroatoms. The van der Waals surface area contributed by atoms with E-state index in [1.165, 1.54) is 17.0 Å². The number of carbonyl (C=O) groups excluding carboxylic acids is 1. The summed E-state index contributed by atoms with van der Waals surface area (Å²) in [7, 11) is 0. The fraction of sp³-hybridized carbons (Fsp3) is 0.250. The molecular formula is C8H8ClN3O3. The van der Waals surface area contributed by atoms with Gasteiger partial charge in [-0.05, 0) is 35.6 Å². The van der Waals surface area contributed by atoms with Crippen LogP contribution in [0.4, 0.5) is 5.82 Å². The quantitative estimate of drug-likeness (QED) is 0.340. The molecule has 1 rings (SSSR count). The standard InChI is InChI=1S/C8H8ClN3O3/c1-2-11-5-6(3-4-7(9)13)8(10-11)12(14)15/h3-5H,2H2,1H3/b4-3+. The third kappa shape index (κ3) is 2.88. The van der Waals surface area contributed by atoms with Crippen LogP contribution in [0.15, 0.2) is 12.3 Å². The van der Waals surface area contributed by atoms with Crippen LogP contribution in [0.3, 0.4) is 0 Å². The summed E-state index contributed by atoms with van der Waals surface area (Å²) in [6.45, 7) is 2.32. The Labute approximate surface area is 90.3 Å². The zero-order valence-electron chi connectivity index (χ0n) is 7.88. The Morgan fingerprint density at radius 3 is 2.93 bits per heavy atom. The van der Waals surface area contributed by atoms with Crippen molar-refractivity contribution in [2.24, 2.45) is 0 Å². The highest BCUT2D eigenvalue weighted by Gasteiger charge is 2.17. The zero-order chi connectivity index (χ0) is 11.4. The van der Waals surface area contributed by atoms with E-state index in [4.69, 9.17) is 11.6 Å². The first kappa shape index (κ1) is 11.4. The fourth-order valence-corrected chi connectivity index (χ4v) is 1.07. The van der Waals surface area contributed by atoms with Crippen LogP contribution >= 0.6 is 11.6 Å². The monoisotopic (exact) mass is 229 g/mol. The summed E-state index contributed by atoms with van der Waals surface area (Å²) in [5.41, 5.74) is 0.260. The molecule has 0 spiro atoms. The van der Waals surface area contributed by atoms with Gasteiger partial charge >= 0.3 is 5.82 Å². The summed E-state index contributed by atoms with van der Waals surface area (Å²) in [4.78, 5) is 20.4. The van der Waals surface area contributed by atoms with Crippen LogP contribution in [0.5, 0.6) is 0 Å². The van der Waals surface area contributed by atoms with E-state index in [-0.39, 0.29) is 11.4 Å². The molecule has 0 atom stereocenters. The topological polar surface area (TPSA) is 78.0 Å². The van der Waals surface area contributed by atoms with Gasteiger partial charge in [0.15, 0.2) is 0 Å². The lowest BCUT2D eigenvalue weighted by Gasteiger charge is -1.87. The van der Waals surface area contributed by atoms with Crippen molar-refractivity contribution in [3.8, 4) is 0 Å². The number of carbonyl (C=O) groups is 1. The van der Waals surface area contributed by atoms with E-state index in [1.54, 1.807) is 6.92 Å². The molecule has 0 amide bonds. The maximum absolute atomic E-state index is 10.6. The number of allylic oxidation sites excluding steroid dienone is 1. The van der Waals surface area contributed by atoms with E-state index in [0.717, 1.165) is 6.08 Å². The summed E-state index contributed by atoms with van der Waals surface area (Å²) in [5.74, 6) is -0.286. The van der Waals surface area contributed by atoms with Crippen LogP contribution in [0.1, 0.15) is 12.5 Å². The molecule has 0 radical (unpaired) electrons. The predicted octanol–water partition coefficient (Wildman–Crippen LogP) is 1.59. The van der Waals surface area contributed by atoms with E-state index < -0.39 is 10.2 Å². The van der Waals surface area contributed by atoms with Crippen LogP contribution < -0.4 is 0 Å². The smallest absolute Gasteiger partial charge is 0.358 e. The highest BCUT2D eigenvalue weighted by molar-refractivity contribution is 6.66. The molecular weight excluding hydrogens is 222 g/mol. The minimum atomic E-state index is -0.687. The number of hydrogen-bond donors (Lipinski definition) is 0. The minimum absolute atomic E-state index is 0.260. The lowest BCUT2D eigenvalue weighted by molar-refractivity contribution is -0.390. The molecule has 1 heterocycles. The Bertz CT molecular complexity index is 425. The SMILES string of the molecule is CCn1cc(/C=C/C(=O)Cl)c([N+](=O)[O-])n1. The van der Waals surface area contributed by atoms with Crippen molar-refractivity contribution in [1.29, 1.82) is 0 Å².